The van der Waals surface area contributed by atoms with Gasteiger partial charge in [0.05, 0.1) is 10.4 Å². The molecular formula is C19H22N4O2S2. The van der Waals surface area contributed by atoms with Crippen LogP contribution in [0.2, 0.25) is 0 Å². The van der Waals surface area contributed by atoms with Gasteiger partial charge in [-0.05, 0) is 43.9 Å². The van der Waals surface area contributed by atoms with Crippen molar-refractivity contribution in [2.24, 2.45) is 0 Å². The quantitative estimate of drug-likeness (QED) is 0.646. The average molecular weight is 403 g/mol. The minimum absolute atomic E-state index is 0.0852. The molecule has 2 aromatic heterocycles. The van der Waals surface area contributed by atoms with Crippen LogP contribution < -0.4 is 4.90 Å². The molecule has 1 aliphatic heterocycles. The molecule has 0 bridgehead atoms. The van der Waals surface area contributed by atoms with E-state index in [1.54, 1.807) is 23.7 Å². The maximum Gasteiger partial charge on any atom is 0.184 e. The lowest BCUT2D eigenvalue weighted by Crippen LogP contribution is -2.39. The number of anilines is 1. The summed E-state index contributed by atoms with van der Waals surface area (Å²) in [5.41, 5.74) is 0.667. The normalized spacial score (nSPS) is 18.1. The van der Waals surface area contributed by atoms with Crippen molar-refractivity contribution < 1.29 is 8.42 Å². The number of fused-ring (bicyclic) bond motifs is 1. The molecule has 1 saturated heterocycles. The largest absolute Gasteiger partial charge is 0.353 e. The first kappa shape index (κ1) is 18.3. The first-order chi connectivity index (χ1) is 13.1. The standard InChI is InChI=1S/C19H22N4O2S2/c1-2-14-5-3-4-9-23(14)19-16-7-6-15(11-17(16)21-13-22-19)27(24,25)12-18-20-8-10-26-18/h6-8,10-11,13-14H,2-5,9,12H2,1H3. The van der Waals surface area contributed by atoms with E-state index >= 15 is 0 Å². The molecule has 8 heteroatoms. The highest BCUT2D eigenvalue weighted by Gasteiger charge is 2.24. The third kappa shape index (κ3) is 3.68. The minimum atomic E-state index is -3.45. The van der Waals surface area contributed by atoms with Crippen LogP contribution in [0.25, 0.3) is 10.9 Å². The lowest BCUT2D eigenvalue weighted by atomic mass is 9.99. The van der Waals surface area contributed by atoms with Crippen LogP contribution in [0.5, 0.6) is 0 Å². The predicted octanol–water partition coefficient (Wildman–Crippen LogP) is 3.83. The highest BCUT2D eigenvalue weighted by Crippen LogP contribution is 2.31. The van der Waals surface area contributed by atoms with Crippen LogP contribution in [-0.4, -0.2) is 36.0 Å². The van der Waals surface area contributed by atoms with Gasteiger partial charge in [0.25, 0.3) is 0 Å². The second kappa shape index (κ2) is 7.52. The number of rotatable bonds is 5. The maximum atomic E-state index is 12.7. The Morgan fingerprint density at radius 2 is 2.11 bits per heavy atom. The van der Waals surface area contributed by atoms with Gasteiger partial charge in [-0.15, -0.1) is 11.3 Å². The number of aromatic nitrogens is 3. The van der Waals surface area contributed by atoms with Crippen LogP contribution in [0.15, 0.2) is 41.0 Å². The third-order valence-corrected chi connectivity index (χ3v) is 7.70. The SMILES string of the molecule is CCC1CCCCN1c1ncnc2cc(S(=O)(=O)Cc3nccs3)ccc12. The van der Waals surface area contributed by atoms with Crippen molar-refractivity contribution in [2.75, 3.05) is 11.4 Å². The van der Waals surface area contributed by atoms with E-state index in [-0.39, 0.29) is 10.6 Å². The summed E-state index contributed by atoms with van der Waals surface area (Å²) in [5, 5.41) is 3.29. The molecule has 1 aliphatic rings. The number of benzene rings is 1. The van der Waals surface area contributed by atoms with Crippen LogP contribution >= 0.6 is 11.3 Å². The zero-order chi connectivity index (χ0) is 18.9. The highest BCUT2D eigenvalue weighted by atomic mass is 32.2. The molecule has 1 fully saturated rings. The molecular weight excluding hydrogens is 380 g/mol. The predicted molar refractivity (Wildman–Crippen MR) is 108 cm³/mol. The Morgan fingerprint density at radius 1 is 1.22 bits per heavy atom. The van der Waals surface area contributed by atoms with Crippen LogP contribution in [0.3, 0.4) is 0 Å². The molecule has 27 heavy (non-hydrogen) atoms. The van der Waals surface area contributed by atoms with Crippen LogP contribution in [0, 0.1) is 0 Å². The highest BCUT2D eigenvalue weighted by molar-refractivity contribution is 7.90. The molecule has 0 amide bonds. The van der Waals surface area contributed by atoms with E-state index in [0.29, 0.717) is 16.6 Å². The molecule has 1 aromatic carbocycles. The fourth-order valence-corrected chi connectivity index (χ4v) is 5.99. The summed E-state index contributed by atoms with van der Waals surface area (Å²) in [6.45, 7) is 3.18. The van der Waals surface area contributed by atoms with Gasteiger partial charge in [0.1, 0.15) is 22.9 Å². The molecule has 6 nitrogen and oxygen atoms in total. The van der Waals surface area contributed by atoms with Crippen molar-refractivity contribution >= 4 is 37.9 Å². The summed E-state index contributed by atoms with van der Waals surface area (Å²) in [6, 6.07) is 5.66. The van der Waals surface area contributed by atoms with Gasteiger partial charge in [0.2, 0.25) is 0 Å². The van der Waals surface area contributed by atoms with Crippen molar-refractivity contribution in [3.8, 4) is 0 Å². The van der Waals surface area contributed by atoms with Gasteiger partial charge < -0.3 is 4.90 Å². The van der Waals surface area contributed by atoms with Crippen LogP contribution in [0.4, 0.5) is 5.82 Å². The van der Waals surface area contributed by atoms with E-state index in [0.717, 1.165) is 30.6 Å². The lowest BCUT2D eigenvalue weighted by Gasteiger charge is -2.36. The number of nitrogens with zero attached hydrogens (tertiary/aromatic N) is 4. The fraction of sp³-hybridized carbons (Fsp3) is 0.421. The molecule has 0 N–H and O–H groups in total. The van der Waals surface area contributed by atoms with Gasteiger partial charge in [-0.25, -0.2) is 23.4 Å². The summed E-state index contributed by atoms with van der Waals surface area (Å²) in [6.07, 6.45) is 7.81. The van der Waals surface area contributed by atoms with Crippen molar-refractivity contribution in [2.45, 2.75) is 49.3 Å². The molecule has 1 unspecified atom stereocenters. The van der Waals surface area contributed by atoms with Crippen LogP contribution in [0.1, 0.15) is 37.6 Å². The number of piperidine rings is 1. The molecule has 3 aromatic rings. The summed E-state index contributed by atoms with van der Waals surface area (Å²) < 4.78 is 25.5. The first-order valence-electron chi connectivity index (χ1n) is 9.21. The van der Waals surface area contributed by atoms with E-state index in [1.165, 1.54) is 30.5 Å². The Kier molecular flexibility index (Phi) is 5.10. The molecule has 0 spiro atoms. The topological polar surface area (TPSA) is 76.1 Å². The molecule has 0 saturated carbocycles. The average Bonchev–Trinajstić information content (AvgIpc) is 3.19. The summed E-state index contributed by atoms with van der Waals surface area (Å²) in [7, 11) is -3.45. The van der Waals surface area contributed by atoms with Crippen molar-refractivity contribution in [3.63, 3.8) is 0 Å². The molecule has 3 heterocycles. The summed E-state index contributed by atoms with van der Waals surface area (Å²) in [4.78, 5) is 15.6. The monoisotopic (exact) mass is 402 g/mol. The first-order valence-corrected chi connectivity index (χ1v) is 11.7. The summed E-state index contributed by atoms with van der Waals surface area (Å²) in [5.74, 6) is 0.827. The van der Waals surface area contributed by atoms with Gasteiger partial charge in [-0.3, -0.25) is 0 Å². The smallest absolute Gasteiger partial charge is 0.184 e. The van der Waals surface area contributed by atoms with E-state index < -0.39 is 9.84 Å². The number of thiazole rings is 1. The van der Waals surface area contributed by atoms with Crippen molar-refractivity contribution in [1.82, 2.24) is 15.0 Å². The second-order valence-corrected chi connectivity index (χ2v) is 9.78. The Balaban J connectivity index is 1.72. The van der Waals surface area contributed by atoms with Gasteiger partial charge >= 0.3 is 0 Å². The molecule has 0 radical (unpaired) electrons. The van der Waals surface area contributed by atoms with Crippen molar-refractivity contribution in [3.05, 3.63) is 41.1 Å². The fourth-order valence-electron chi connectivity index (χ4n) is 3.72. The van der Waals surface area contributed by atoms with E-state index in [4.69, 9.17) is 0 Å². The number of hydrogen-bond acceptors (Lipinski definition) is 7. The zero-order valence-electron chi connectivity index (χ0n) is 15.2. The molecule has 4 rings (SSSR count). The Morgan fingerprint density at radius 3 is 2.89 bits per heavy atom. The Hall–Kier alpha value is -2.06. The van der Waals surface area contributed by atoms with E-state index in [1.807, 2.05) is 6.07 Å². The molecule has 0 aliphatic carbocycles. The van der Waals surface area contributed by atoms with Crippen molar-refractivity contribution in [1.29, 1.82) is 0 Å². The number of sulfone groups is 1. The summed E-state index contributed by atoms with van der Waals surface area (Å²) >= 11 is 1.35. The van der Waals surface area contributed by atoms with Gasteiger partial charge in [-0.2, -0.15) is 0 Å². The van der Waals surface area contributed by atoms with E-state index in [2.05, 4.69) is 26.8 Å². The molecule has 1 atom stereocenters. The lowest BCUT2D eigenvalue weighted by molar-refractivity contribution is 0.448. The molecule has 142 valence electrons. The van der Waals surface area contributed by atoms with Gasteiger partial charge in [-0.1, -0.05) is 6.92 Å². The van der Waals surface area contributed by atoms with E-state index in [9.17, 15) is 8.42 Å². The zero-order valence-corrected chi connectivity index (χ0v) is 16.8. The Labute approximate surface area is 163 Å². The maximum absolute atomic E-state index is 12.7. The van der Waals surface area contributed by atoms with Gasteiger partial charge in [0, 0.05) is 29.5 Å². The second-order valence-electron chi connectivity index (χ2n) is 6.81. The number of hydrogen-bond donors (Lipinski definition) is 0. The Bertz CT molecular complexity index is 1040. The third-order valence-electron chi connectivity index (χ3n) is 5.11. The van der Waals surface area contributed by atoms with Gasteiger partial charge in [0.15, 0.2) is 9.84 Å². The minimum Gasteiger partial charge on any atom is -0.353 e. The van der Waals surface area contributed by atoms with Crippen LogP contribution in [-0.2, 0) is 15.6 Å².